The zero-order valence-corrected chi connectivity index (χ0v) is 45.9. The molecule has 77 heavy (non-hydrogen) atoms. The number of hydrogen-bond acceptors (Lipinski definition) is 13. The van der Waals surface area contributed by atoms with Crippen LogP contribution >= 0.6 is 0 Å². The third kappa shape index (κ3) is 16.1. The number of rotatable bonds is 25. The van der Waals surface area contributed by atoms with Gasteiger partial charge in [0.2, 0.25) is 5.69 Å². The lowest BCUT2D eigenvalue weighted by atomic mass is 9.82. The van der Waals surface area contributed by atoms with Gasteiger partial charge in [-0.1, -0.05) is 57.9 Å². The number of allylic oxidation sites excluding steroid dienone is 6. The van der Waals surface area contributed by atoms with Crippen LogP contribution in [0.4, 0.5) is 11.4 Å². The first-order chi connectivity index (χ1) is 36.3. The molecule has 2 aromatic heterocycles. The van der Waals surface area contributed by atoms with E-state index < -0.39 is 77.9 Å². The summed E-state index contributed by atoms with van der Waals surface area (Å²) in [6, 6.07) is 17.6. The number of nitrogens with zero attached hydrogens (tertiary/aromatic N) is 4. The van der Waals surface area contributed by atoms with Crippen molar-refractivity contribution in [3.8, 4) is 22.3 Å². The van der Waals surface area contributed by atoms with E-state index in [2.05, 4.69) is 75.1 Å². The second-order valence-corrected chi connectivity index (χ2v) is 23.6. The maximum absolute atomic E-state index is 13.2. The van der Waals surface area contributed by atoms with Gasteiger partial charge < -0.3 is 26.2 Å². The van der Waals surface area contributed by atoms with Crippen LogP contribution in [-0.4, -0.2) is 139 Å². The molecule has 2 aliphatic heterocycles. The van der Waals surface area contributed by atoms with Gasteiger partial charge in [-0.05, 0) is 103 Å². The summed E-state index contributed by atoms with van der Waals surface area (Å²) >= 11 is 0. The number of aromatic nitrogens is 2. The molecule has 0 unspecified atom stereocenters. The Hall–Kier alpha value is -6.96. The zero-order valence-electron chi connectivity index (χ0n) is 43.5. The Kier molecular flexibility index (Phi) is 19.6. The molecule has 0 bridgehead atoms. The largest absolute Gasteiger partial charge is 0.351 e. The highest BCUT2D eigenvalue weighted by molar-refractivity contribution is 7.86. The predicted octanol–water partition coefficient (Wildman–Crippen LogP) is 5.45. The van der Waals surface area contributed by atoms with Gasteiger partial charge in [0.05, 0.1) is 23.7 Å². The molecule has 0 saturated heterocycles. The van der Waals surface area contributed by atoms with E-state index in [1.54, 1.807) is 24.3 Å². The van der Waals surface area contributed by atoms with Crippen LogP contribution in [0, 0.1) is 0 Å². The van der Waals surface area contributed by atoms with E-state index in [9.17, 15) is 49.0 Å². The Balaban J connectivity index is 1.31. The minimum atomic E-state index is -4.42. The summed E-state index contributed by atoms with van der Waals surface area (Å²) in [5.74, 6) is -4.57. The van der Waals surface area contributed by atoms with E-state index in [1.165, 1.54) is 12.1 Å². The average Bonchev–Trinajstić information content (AvgIpc) is 3.81. The summed E-state index contributed by atoms with van der Waals surface area (Å²) in [5.41, 5.74) is 7.00. The van der Waals surface area contributed by atoms with Gasteiger partial charge >= 0.3 is 0 Å². The standard InChI is InChI=1S/C53H64N8O13S3/c1-6-9-13-23-61-47-20-18-36(38-33-42(49(62)54-7-2)58-43(34-38)50(63)55-8-3)30-41(47)53(4,5)48(61)16-12-10-11-15-40-29-39-28-35(17-19-46(39)60(40)24-14-25-75(66,67)68)37-31-44(51(64)56-21-26-76(69,70)71)59-45(32-37)52(65)57-22-27-77(72,73)74/h10-12,15-20,28,30-34H,6-9,13-14,21-27,29H2,1-5H3,(H6-,54,55,56,57,62,63,64,65,66,67,68,69,70,71,72,73,74)/p+1. The van der Waals surface area contributed by atoms with Crippen LogP contribution in [0.25, 0.3) is 22.3 Å². The lowest BCUT2D eigenvalue weighted by Crippen LogP contribution is -2.32. The molecule has 412 valence electrons. The average molecular weight is 1120 g/mol. The number of hydrogen-bond donors (Lipinski definition) is 7. The molecule has 0 spiro atoms. The lowest BCUT2D eigenvalue weighted by molar-refractivity contribution is -0.436. The molecule has 24 heteroatoms. The highest BCUT2D eigenvalue weighted by Crippen LogP contribution is 2.49. The number of pyridine rings is 2. The SMILES string of the molecule is CCCCCN1/C(=C/C=C/C=C/C2=[N+](CCCS(=O)(=O)O)c3ccc(-c4cc(C(=O)NCCS(=O)(=O)O)nc(C(=O)NCCS(=O)(=O)O)c4)cc3C2)C(C)(C)c2cc(-c3cc(C(=O)NCC)nc(C(=O)NCC)c3)ccc21. The predicted molar refractivity (Wildman–Crippen MR) is 294 cm³/mol. The Morgan fingerprint density at radius 3 is 1.64 bits per heavy atom. The van der Waals surface area contributed by atoms with Crippen LogP contribution in [0.2, 0.25) is 0 Å². The first-order valence-corrected chi connectivity index (χ1v) is 29.9. The van der Waals surface area contributed by atoms with Crippen LogP contribution in [0.1, 0.15) is 113 Å². The van der Waals surface area contributed by atoms with Crippen LogP contribution in [0.5, 0.6) is 0 Å². The van der Waals surface area contributed by atoms with Crippen molar-refractivity contribution >= 4 is 71.1 Å². The monoisotopic (exact) mass is 1120 g/mol. The fourth-order valence-corrected chi connectivity index (χ4v) is 10.3. The van der Waals surface area contributed by atoms with Crippen molar-refractivity contribution in [3.05, 3.63) is 131 Å². The lowest BCUT2D eigenvalue weighted by Gasteiger charge is -2.27. The molecule has 0 atom stereocenters. The molecule has 6 rings (SSSR count). The highest BCUT2D eigenvalue weighted by atomic mass is 32.2. The summed E-state index contributed by atoms with van der Waals surface area (Å²) in [5, 5.41) is 10.2. The zero-order chi connectivity index (χ0) is 56.3. The van der Waals surface area contributed by atoms with Gasteiger partial charge in [-0.2, -0.15) is 29.8 Å². The van der Waals surface area contributed by atoms with E-state index in [1.807, 2.05) is 54.9 Å². The number of carbonyl (C=O) groups is 4. The van der Waals surface area contributed by atoms with Crippen LogP contribution < -0.4 is 26.2 Å². The van der Waals surface area contributed by atoms with Gasteiger partial charge in [0.1, 0.15) is 29.3 Å². The Morgan fingerprint density at radius 1 is 0.623 bits per heavy atom. The number of benzene rings is 2. The van der Waals surface area contributed by atoms with Crippen molar-refractivity contribution in [1.82, 2.24) is 31.2 Å². The van der Waals surface area contributed by atoms with Crippen molar-refractivity contribution in [3.63, 3.8) is 0 Å². The number of anilines is 1. The Morgan fingerprint density at radius 2 is 1.13 bits per heavy atom. The van der Waals surface area contributed by atoms with E-state index >= 15 is 0 Å². The van der Waals surface area contributed by atoms with E-state index in [0.717, 1.165) is 65.3 Å². The molecule has 2 aromatic carbocycles. The first kappa shape index (κ1) is 59.3. The maximum Gasteiger partial charge on any atom is 0.269 e. The third-order valence-corrected chi connectivity index (χ3v) is 15.0. The Labute approximate surface area is 449 Å². The highest BCUT2D eigenvalue weighted by Gasteiger charge is 2.40. The minimum Gasteiger partial charge on any atom is -0.351 e. The molecule has 7 N–H and O–H groups in total. The number of fused-ring (bicyclic) bond motifs is 2. The van der Waals surface area contributed by atoms with Gasteiger partial charge in [0.15, 0.2) is 5.71 Å². The third-order valence-electron chi connectivity index (χ3n) is 12.7. The second-order valence-electron chi connectivity index (χ2n) is 18.9. The van der Waals surface area contributed by atoms with Gasteiger partial charge in [-0.25, -0.2) is 9.97 Å². The fraction of sp³-hybridized carbons (Fsp3) is 0.377. The molecule has 4 amide bonds. The molecule has 0 aliphatic carbocycles. The van der Waals surface area contributed by atoms with Crippen molar-refractivity contribution in [2.45, 2.75) is 72.1 Å². The molecular formula is C53H65N8O13S3+. The summed E-state index contributed by atoms with van der Waals surface area (Å²) in [7, 11) is -13.1. The van der Waals surface area contributed by atoms with Crippen LogP contribution in [0.15, 0.2) is 96.7 Å². The van der Waals surface area contributed by atoms with Crippen LogP contribution in [-0.2, 0) is 42.2 Å². The van der Waals surface area contributed by atoms with Gasteiger partial charge in [-0.3, -0.25) is 32.8 Å². The smallest absolute Gasteiger partial charge is 0.269 e. The molecular weight excluding hydrogens is 1050 g/mol. The van der Waals surface area contributed by atoms with Crippen molar-refractivity contribution in [1.29, 1.82) is 0 Å². The minimum absolute atomic E-state index is 0.0901. The molecule has 0 fully saturated rings. The summed E-state index contributed by atoms with van der Waals surface area (Å²) in [6.45, 7) is 10.9. The van der Waals surface area contributed by atoms with Gasteiger partial charge in [-0.15, -0.1) is 0 Å². The summed E-state index contributed by atoms with van der Waals surface area (Å²) in [6.07, 6.45) is 13.2. The first-order valence-electron chi connectivity index (χ1n) is 25.1. The fourth-order valence-electron chi connectivity index (χ4n) is 9.06. The van der Waals surface area contributed by atoms with E-state index in [4.69, 9.17) is 9.11 Å². The van der Waals surface area contributed by atoms with E-state index in [-0.39, 0.29) is 47.6 Å². The molecule has 21 nitrogen and oxygen atoms in total. The molecule has 4 heterocycles. The van der Waals surface area contributed by atoms with Crippen molar-refractivity contribution < 1.29 is 62.7 Å². The summed E-state index contributed by atoms with van der Waals surface area (Å²) < 4.78 is 98.6. The molecule has 0 saturated carbocycles. The maximum atomic E-state index is 13.2. The van der Waals surface area contributed by atoms with Crippen LogP contribution in [0.3, 0.4) is 0 Å². The number of amides is 4. The van der Waals surface area contributed by atoms with E-state index in [0.29, 0.717) is 36.2 Å². The topological polar surface area (TPSA) is 312 Å². The van der Waals surface area contributed by atoms with Gasteiger partial charge in [0, 0.05) is 73.6 Å². The molecule has 0 radical (unpaired) electrons. The normalized spacial score (nSPS) is 14.8. The molecule has 4 aromatic rings. The number of nitrogens with one attached hydrogen (secondary N) is 4. The number of carbonyl (C=O) groups excluding carboxylic acids is 4. The second kappa shape index (κ2) is 25.5. The molecule has 2 aliphatic rings. The Bertz CT molecular complexity index is 3300. The summed E-state index contributed by atoms with van der Waals surface area (Å²) in [4.78, 5) is 63.2. The van der Waals surface area contributed by atoms with Crippen molar-refractivity contribution in [2.75, 3.05) is 61.4 Å². The number of unbranched alkanes of at least 4 members (excludes halogenated alkanes) is 2. The quantitative estimate of drug-likeness (QED) is 0.0188. The van der Waals surface area contributed by atoms with Gasteiger partial charge in [0.25, 0.3) is 54.0 Å². The van der Waals surface area contributed by atoms with Crippen molar-refractivity contribution in [2.24, 2.45) is 0 Å².